The van der Waals surface area contributed by atoms with Crippen LogP contribution in [0.5, 0.6) is 0 Å². The second-order valence-electron chi connectivity index (χ2n) is 9.43. The summed E-state index contributed by atoms with van der Waals surface area (Å²) in [5.41, 5.74) is 5.10. The molecule has 0 radical (unpaired) electrons. The Morgan fingerprint density at radius 2 is 1.59 bits per heavy atom. The summed E-state index contributed by atoms with van der Waals surface area (Å²) < 4.78 is 0. The van der Waals surface area contributed by atoms with Gasteiger partial charge in [0.2, 0.25) is 5.91 Å². The predicted molar refractivity (Wildman–Crippen MR) is 151 cm³/mol. The molecule has 0 unspecified atom stereocenters. The normalized spacial score (nSPS) is 10.9. The molecule has 192 valence electrons. The largest absolute Gasteiger partial charge is 0.361 e. The van der Waals surface area contributed by atoms with Crippen LogP contribution in [0.1, 0.15) is 36.5 Å². The molecule has 1 aromatic heterocycles. The van der Waals surface area contributed by atoms with Crippen molar-refractivity contribution in [3.63, 3.8) is 0 Å². The zero-order valence-corrected chi connectivity index (χ0v) is 21.7. The van der Waals surface area contributed by atoms with Crippen LogP contribution < -0.4 is 5.32 Å². The standard InChI is InChI=1S/C31H36N4O2/c1-3-4-19-35(31(37)33-28-16-10-8-12-24(28)2)23-30(36)34(22-25-13-6-5-7-14-25)20-18-26-21-32-29-17-11-9-15-27(26)29/h5-17,21,32H,3-4,18-20,22-23H2,1-2H3,(H,33,37). The minimum atomic E-state index is -0.243. The highest BCUT2D eigenvalue weighted by molar-refractivity contribution is 5.93. The van der Waals surface area contributed by atoms with Crippen LogP contribution in [0.15, 0.2) is 85.1 Å². The Morgan fingerprint density at radius 3 is 2.38 bits per heavy atom. The first-order valence-electron chi connectivity index (χ1n) is 13.0. The molecule has 6 heteroatoms. The fourth-order valence-electron chi connectivity index (χ4n) is 4.46. The number of urea groups is 1. The number of nitrogens with one attached hydrogen (secondary N) is 2. The number of unbranched alkanes of at least 4 members (excludes halogenated alkanes) is 1. The number of aromatic amines is 1. The number of aromatic nitrogens is 1. The van der Waals surface area contributed by atoms with Gasteiger partial charge in [0.15, 0.2) is 0 Å². The second kappa shape index (κ2) is 12.8. The predicted octanol–water partition coefficient (Wildman–Crippen LogP) is 6.38. The number of carbonyl (C=O) groups is 2. The topological polar surface area (TPSA) is 68.4 Å². The van der Waals surface area contributed by atoms with Crippen LogP contribution in [0.3, 0.4) is 0 Å². The molecule has 4 rings (SSSR count). The second-order valence-corrected chi connectivity index (χ2v) is 9.43. The lowest BCUT2D eigenvalue weighted by Gasteiger charge is -2.28. The number of benzene rings is 3. The molecular formula is C31H36N4O2. The zero-order valence-electron chi connectivity index (χ0n) is 21.7. The highest BCUT2D eigenvalue weighted by atomic mass is 16.2. The maximum atomic E-state index is 13.7. The van der Waals surface area contributed by atoms with Gasteiger partial charge >= 0.3 is 6.03 Å². The number of carbonyl (C=O) groups excluding carboxylic acids is 2. The number of para-hydroxylation sites is 2. The molecule has 0 bridgehead atoms. The Bertz CT molecular complexity index is 1320. The summed E-state index contributed by atoms with van der Waals surface area (Å²) in [6, 6.07) is 25.7. The first-order chi connectivity index (χ1) is 18.0. The van der Waals surface area contributed by atoms with E-state index in [1.807, 2.05) is 84.8 Å². The minimum absolute atomic E-state index is 0.0401. The van der Waals surface area contributed by atoms with Crippen molar-refractivity contribution >= 4 is 28.5 Å². The first-order valence-corrected chi connectivity index (χ1v) is 13.0. The average Bonchev–Trinajstić information content (AvgIpc) is 3.33. The van der Waals surface area contributed by atoms with Crippen LogP contribution in [0.4, 0.5) is 10.5 Å². The summed E-state index contributed by atoms with van der Waals surface area (Å²) in [4.78, 5) is 33.7. The number of fused-ring (bicyclic) bond motifs is 1. The van der Waals surface area contributed by atoms with Crippen molar-refractivity contribution in [2.45, 2.75) is 39.7 Å². The number of anilines is 1. The highest BCUT2D eigenvalue weighted by Crippen LogP contribution is 2.19. The maximum Gasteiger partial charge on any atom is 0.322 e. The number of nitrogens with zero attached hydrogens (tertiary/aromatic N) is 2. The molecule has 0 aliphatic rings. The Morgan fingerprint density at radius 1 is 0.865 bits per heavy atom. The molecular weight excluding hydrogens is 460 g/mol. The van der Waals surface area contributed by atoms with Gasteiger partial charge in [0.05, 0.1) is 0 Å². The van der Waals surface area contributed by atoms with Crippen molar-refractivity contribution in [2.24, 2.45) is 0 Å². The Kier molecular flexibility index (Phi) is 8.98. The van der Waals surface area contributed by atoms with Crippen LogP contribution in [-0.4, -0.2) is 46.4 Å². The molecule has 37 heavy (non-hydrogen) atoms. The van der Waals surface area contributed by atoms with E-state index in [1.54, 1.807) is 4.90 Å². The molecule has 0 aliphatic heterocycles. The van der Waals surface area contributed by atoms with Crippen molar-refractivity contribution in [1.29, 1.82) is 0 Å². The van der Waals surface area contributed by atoms with Crippen molar-refractivity contribution in [3.8, 4) is 0 Å². The van der Waals surface area contributed by atoms with Crippen LogP contribution >= 0.6 is 0 Å². The fourth-order valence-corrected chi connectivity index (χ4v) is 4.46. The Hall–Kier alpha value is -4.06. The number of hydrogen-bond acceptors (Lipinski definition) is 2. The van der Waals surface area contributed by atoms with Crippen molar-refractivity contribution in [3.05, 3.63) is 102 Å². The van der Waals surface area contributed by atoms with Crippen LogP contribution in [-0.2, 0) is 17.8 Å². The SMILES string of the molecule is CCCCN(CC(=O)N(CCc1c[nH]c2ccccc12)Cc1ccccc1)C(=O)Nc1ccccc1C. The third-order valence-electron chi connectivity index (χ3n) is 6.68. The van der Waals surface area contributed by atoms with Crippen molar-refractivity contribution in [1.82, 2.24) is 14.8 Å². The van der Waals surface area contributed by atoms with Crippen LogP contribution in [0.25, 0.3) is 10.9 Å². The number of H-pyrrole nitrogens is 1. The maximum absolute atomic E-state index is 13.7. The van der Waals surface area contributed by atoms with Gasteiger partial charge in [0.25, 0.3) is 0 Å². The lowest BCUT2D eigenvalue weighted by atomic mass is 10.1. The monoisotopic (exact) mass is 496 g/mol. The summed E-state index contributed by atoms with van der Waals surface area (Å²) in [5.74, 6) is -0.0558. The number of aryl methyl sites for hydroxylation is 1. The quantitative estimate of drug-likeness (QED) is 0.253. The van der Waals surface area contributed by atoms with Crippen molar-refractivity contribution < 1.29 is 9.59 Å². The molecule has 2 N–H and O–H groups in total. The van der Waals surface area contributed by atoms with Gasteiger partial charge in [-0.05, 0) is 48.6 Å². The van der Waals surface area contributed by atoms with Crippen molar-refractivity contribution in [2.75, 3.05) is 25.0 Å². The molecule has 4 aromatic rings. The molecule has 0 saturated carbocycles. The van der Waals surface area contributed by atoms with E-state index in [0.29, 0.717) is 19.6 Å². The summed E-state index contributed by atoms with van der Waals surface area (Å²) >= 11 is 0. The Balaban J connectivity index is 1.50. The van der Waals surface area contributed by atoms with E-state index in [9.17, 15) is 9.59 Å². The summed E-state index contributed by atoms with van der Waals surface area (Å²) in [5, 5.41) is 4.18. The van der Waals surface area contributed by atoms with E-state index in [4.69, 9.17) is 0 Å². The summed E-state index contributed by atoms with van der Waals surface area (Å²) in [7, 11) is 0. The summed E-state index contributed by atoms with van der Waals surface area (Å²) in [6.07, 6.45) is 4.53. The van der Waals surface area contributed by atoms with Gasteiger partial charge in [0, 0.05) is 42.4 Å². The van der Waals surface area contributed by atoms with Gasteiger partial charge in [-0.15, -0.1) is 0 Å². The summed E-state index contributed by atoms with van der Waals surface area (Å²) in [6.45, 7) is 5.69. The lowest BCUT2D eigenvalue weighted by molar-refractivity contribution is -0.132. The van der Waals surface area contributed by atoms with E-state index >= 15 is 0 Å². The first kappa shape index (κ1) is 26.0. The Labute approximate surface area is 219 Å². The van der Waals surface area contributed by atoms with E-state index in [2.05, 4.69) is 29.4 Å². The third-order valence-corrected chi connectivity index (χ3v) is 6.68. The molecule has 3 amide bonds. The van der Waals surface area contributed by atoms with Crippen LogP contribution in [0.2, 0.25) is 0 Å². The van der Waals surface area contributed by atoms with Gasteiger partial charge in [-0.2, -0.15) is 0 Å². The zero-order chi connectivity index (χ0) is 26.0. The van der Waals surface area contributed by atoms with Gasteiger partial charge in [0.1, 0.15) is 6.54 Å². The van der Waals surface area contributed by atoms with E-state index in [-0.39, 0.29) is 18.5 Å². The molecule has 0 saturated heterocycles. The molecule has 1 heterocycles. The molecule has 0 spiro atoms. The number of amides is 3. The van der Waals surface area contributed by atoms with Gasteiger partial charge < -0.3 is 20.1 Å². The number of hydrogen-bond donors (Lipinski definition) is 2. The molecule has 3 aromatic carbocycles. The fraction of sp³-hybridized carbons (Fsp3) is 0.290. The third kappa shape index (κ3) is 7.00. The lowest BCUT2D eigenvalue weighted by Crippen LogP contribution is -2.45. The molecule has 6 nitrogen and oxygen atoms in total. The molecule has 0 aliphatic carbocycles. The average molecular weight is 497 g/mol. The van der Waals surface area contributed by atoms with E-state index < -0.39 is 0 Å². The highest BCUT2D eigenvalue weighted by Gasteiger charge is 2.22. The molecule has 0 fully saturated rings. The van der Waals surface area contributed by atoms with Gasteiger partial charge in [-0.25, -0.2) is 4.79 Å². The molecule has 0 atom stereocenters. The van der Waals surface area contributed by atoms with Gasteiger partial charge in [-0.3, -0.25) is 4.79 Å². The van der Waals surface area contributed by atoms with Crippen LogP contribution in [0, 0.1) is 6.92 Å². The number of rotatable bonds is 11. The smallest absolute Gasteiger partial charge is 0.322 e. The van der Waals surface area contributed by atoms with Gasteiger partial charge in [-0.1, -0.05) is 80.1 Å². The minimum Gasteiger partial charge on any atom is -0.361 e. The van der Waals surface area contributed by atoms with E-state index in [1.165, 1.54) is 10.9 Å². The van der Waals surface area contributed by atoms with E-state index in [0.717, 1.165) is 41.6 Å².